The molecule has 0 unspecified atom stereocenters. The lowest BCUT2D eigenvalue weighted by atomic mass is 10.1. The fourth-order valence-electron chi connectivity index (χ4n) is 3.25. The van der Waals surface area contributed by atoms with Crippen molar-refractivity contribution in [3.05, 3.63) is 35.2 Å². The van der Waals surface area contributed by atoms with Crippen LogP contribution >= 0.6 is 11.3 Å². The molecule has 2 aliphatic rings. The lowest BCUT2D eigenvalue weighted by Crippen LogP contribution is -2.44. The minimum atomic E-state index is -3.54. The summed E-state index contributed by atoms with van der Waals surface area (Å²) < 4.78 is 34.0. The van der Waals surface area contributed by atoms with Crippen LogP contribution in [0.3, 0.4) is 0 Å². The van der Waals surface area contributed by atoms with Gasteiger partial charge in [0, 0.05) is 38.2 Å². The average molecular weight is 380 g/mol. The zero-order valence-corrected chi connectivity index (χ0v) is 15.7. The predicted octanol–water partition coefficient (Wildman–Crippen LogP) is 2.24. The Bertz CT molecular complexity index is 858. The Morgan fingerprint density at radius 2 is 2.00 bits per heavy atom. The maximum absolute atomic E-state index is 12.5. The van der Waals surface area contributed by atoms with Gasteiger partial charge in [0.05, 0.1) is 18.0 Å². The first-order chi connectivity index (χ1) is 12.0. The van der Waals surface area contributed by atoms with Crippen LogP contribution in [0.5, 0.6) is 5.75 Å². The Balaban J connectivity index is 1.67. The van der Waals surface area contributed by atoms with Crippen LogP contribution < -0.4 is 14.4 Å². The van der Waals surface area contributed by atoms with Crippen molar-refractivity contribution in [3.63, 3.8) is 0 Å². The van der Waals surface area contributed by atoms with Crippen LogP contribution in [0.25, 0.3) is 0 Å². The van der Waals surface area contributed by atoms with Gasteiger partial charge >= 0.3 is 0 Å². The molecule has 0 bridgehead atoms. The summed E-state index contributed by atoms with van der Waals surface area (Å²) in [4.78, 5) is 4.58. The largest absolute Gasteiger partial charge is 0.491 e. The summed E-state index contributed by atoms with van der Waals surface area (Å²) in [7, 11) is -1.43. The standard InChI is InChI=1S/C17H21N3O3S2/c1-19-5-7-20(8-6-19)15-12-14(11-13-4-9-23-17(13)15)18-25(21,22)16-3-2-10-24-16/h2-3,10-12,18H,4-9H2,1H3. The Labute approximate surface area is 152 Å². The smallest absolute Gasteiger partial charge is 0.271 e. The van der Waals surface area contributed by atoms with E-state index in [0.29, 0.717) is 16.5 Å². The molecule has 6 nitrogen and oxygen atoms in total. The van der Waals surface area contributed by atoms with Gasteiger partial charge in [-0.15, -0.1) is 11.3 Å². The SMILES string of the molecule is CN1CCN(c2cc(NS(=O)(=O)c3cccs3)cc3c2OCC3)CC1. The molecule has 0 spiro atoms. The van der Waals surface area contributed by atoms with E-state index in [4.69, 9.17) is 4.74 Å². The molecule has 1 aromatic heterocycles. The van der Waals surface area contributed by atoms with Crippen molar-refractivity contribution < 1.29 is 13.2 Å². The van der Waals surface area contributed by atoms with Crippen LogP contribution in [-0.4, -0.2) is 53.2 Å². The third kappa shape index (κ3) is 3.33. The molecule has 4 rings (SSSR count). The first-order valence-corrected chi connectivity index (χ1v) is 10.7. The topological polar surface area (TPSA) is 61.9 Å². The van der Waals surface area contributed by atoms with Crippen molar-refractivity contribution in [2.24, 2.45) is 0 Å². The highest BCUT2D eigenvalue weighted by atomic mass is 32.2. The van der Waals surface area contributed by atoms with E-state index in [1.54, 1.807) is 17.5 Å². The molecule has 1 saturated heterocycles. The van der Waals surface area contributed by atoms with E-state index >= 15 is 0 Å². The molecule has 0 aliphatic carbocycles. The number of thiophene rings is 1. The minimum absolute atomic E-state index is 0.324. The van der Waals surface area contributed by atoms with E-state index < -0.39 is 10.0 Å². The van der Waals surface area contributed by atoms with Gasteiger partial charge in [-0.2, -0.15) is 0 Å². The number of nitrogens with zero attached hydrogens (tertiary/aromatic N) is 2. The van der Waals surface area contributed by atoms with Crippen LogP contribution in [0.4, 0.5) is 11.4 Å². The number of piperazine rings is 1. The second kappa shape index (κ2) is 6.51. The molecule has 1 fully saturated rings. The second-order valence-electron chi connectivity index (χ2n) is 6.41. The number of ether oxygens (including phenoxy) is 1. The molecular formula is C17H21N3O3S2. The molecule has 0 radical (unpaired) electrons. The Morgan fingerprint density at radius 1 is 1.20 bits per heavy atom. The van der Waals surface area contributed by atoms with Crippen LogP contribution in [0.2, 0.25) is 0 Å². The molecule has 0 atom stereocenters. The molecule has 25 heavy (non-hydrogen) atoms. The molecule has 0 amide bonds. The third-order valence-corrected chi connectivity index (χ3v) is 7.40. The van der Waals surface area contributed by atoms with Gasteiger partial charge in [0.15, 0.2) is 0 Å². The highest BCUT2D eigenvalue weighted by Gasteiger charge is 2.25. The van der Waals surface area contributed by atoms with E-state index in [-0.39, 0.29) is 0 Å². The molecule has 3 heterocycles. The van der Waals surface area contributed by atoms with Crippen LogP contribution in [0.15, 0.2) is 33.9 Å². The first-order valence-electron chi connectivity index (χ1n) is 8.32. The maximum Gasteiger partial charge on any atom is 0.271 e. The van der Waals surface area contributed by atoms with Gasteiger partial charge in [-0.1, -0.05) is 6.07 Å². The summed E-state index contributed by atoms with van der Waals surface area (Å²) >= 11 is 1.22. The van der Waals surface area contributed by atoms with Crippen molar-refractivity contribution in [2.45, 2.75) is 10.6 Å². The van der Waals surface area contributed by atoms with Gasteiger partial charge in [-0.3, -0.25) is 4.72 Å². The molecule has 1 aromatic carbocycles. The average Bonchev–Trinajstić information content (AvgIpc) is 3.26. The zero-order chi connectivity index (χ0) is 17.4. The summed E-state index contributed by atoms with van der Waals surface area (Å²) in [5.41, 5.74) is 2.67. The highest BCUT2D eigenvalue weighted by Crippen LogP contribution is 2.40. The molecule has 2 aromatic rings. The van der Waals surface area contributed by atoms with E-state index in [9.17, 15) is 8.42 Å². The summed E-state index contributed by atoms with van der Waals surface area (Å²) in [6.07, 6.45) is 0.810. The van der Waals surface area contributed by atoms with Crippen molar-refractivity contribution in [3.8, 4) is 5.75 Å². The van der Waals surface area contributed by atoms with Gasteiger partial charge in [-0.25, -0.2) is 8.42 Å². The Morgan fingerprint density at radius 3 is 2.72 bits per heavy atom. The highest BCUT2D eigenvalue weighted by molar-refractivity contribution is 7.94. The van der Waals surface area contributed by atoms with Crippen molar-refractivity contribution in [1.82, 2.24) is 4.90 Å². The van der Waals surface area contributed by atoms with Gasteiger partial charge < -0.3 is 14.5 Å². The summed E-state index contributed by atoms with van der Waals surface area (Å²) in [6, 6.07) is 7.16. The second-order valence-corrected chi connectivity index (χ2v) is 9.27. The number of benzene rings is 1. The number of sulfonamides is 1. The number of likely N-dealkylation sites (N-methyl/N-ethyl adjacent to an activating group) is 1. The normalized spacial score (nSPS) is 18.0. The van der Waals surface area contributed by atoms with E-state index in [1.807, 2.05) is 12.1 Å². The Kier molecular flexibility index (Phi) is 4.35. The number of nitrogens with one attached hydrogen (secondary N) is 1. The maximum atomic E-state index is 12.5. The van der Waals surface area contributed by atoms with Crippen LogP contribution in [-0.2, 0) is 16.4 Å². The number of anilines is 2. The van der Waals surface area contributed by atoms with Gasteiger partial charge in [-0.05, 0) is 30.6 Å². The zero-order valence-electron chi connectivity index (χ0n) is 14.1. The molecule has 1 N–H and O–H groups in total. The van der Waals surface area contributed by atoms with Crippen LogP contribution in [0.1, 0.15) is 5.56 Å². The molecular weight excluding hydrogens is 358 g/mol. The summed E-state index contributed by atoms with van der Waals surface area (Å²) in [5.74, 6) is 0.906. The fourth-order valence-corrected chi connectivity index (χ4v) is 5.28. The van der Waals surface area contributed by atoms with Gasteiger partial charge in [0.25, 0.3) is 10.0 Å². The molecule has 134 valence electrons. The number of fused-ring (bicyclic) bond motifs is 1. The van der Waals surface area contributed by atoms with E-state index in [1.165, 1.54) is 11.3 Å². The molecule has 8 heteroatoms. The summed E-state index contributed by atoms with van der Waals surface area (Å²) in [6.45, 7) is 4.44. The minimum Gasteiger partial charge on any atom is -0.491 e. The van der Waals surface area contributed by atoms with E-state index in [0.717, 1.165) is 49.6 Å². The summed E-state index contributed by atoms with van der Waals surface area (Å²) in [5, 5.41) is 1.76. The van der Waals surface area contributed by atoms with Crippen molar-refractivity contribution in [2.75, 3.05) is 49.5 Å². The number of hydrogen-bond acceptors (Lipinski definition) is 6. The van der Waals surface area contributed by atoms with E-state index in [2.05, 4.69) is 21.6 Å². The predicted molar refractivity (Wildman–Crippen MR) is 100 cm³/mol. The number of hydrogen-bond donors (Lipinski definition) is 1. The lowest BCUT2D eigenvalue weighted by molar-refractivity contribution is 0.309. The van der Waals surface area contributed by atoms with Crippen LogP contribution in [0, 0.1) is 0 Å². The molecule has 2 aliphatic heterocycles. The Hall–Kier alpha value is -1.77. The lowest BCUT2D eigenvalue weighted by Gasteiger charge is -2.35. The van der Waals surface area contributed by atoms with Crippen molar-refractivity contribution >= 4 is 32.7 Å². The monoisotopic (exact) mass is 379 g/mol. The fraction of sp³-hybridized carbons (Fsp3) is 0.412. The first kappa shape index (κ1) is 16.7. The van der Waals surface area contributed by atoms with Gasteiger partial charge in [0.1, 0.15) is 9.96 Å². The third-order valence-electron chi connectivity index (χ3n) is 4.62. The quantitative estimate of drug-likeness (QED) is 0.883. The van der Waals surface area contributed by atoms with Crippen molar-refractivity contribution in [1.29, 1.82) is 0 Å². The van der Waals surface area contributed by atoms with Gasteiger partial charge in [0.2, 0.25) is 0 Å². The molecule has 0 saturated carbocycles. The number of rotatable bonds is 4.